The van der Waals surface area contributed by atoms with Gasteiger partial charge in [0.1, 0.15) is 0 Å². The van der Waals surface area contributed by atoms with Crippen LogP contribution in [-0.2, 0) is 14.3 Å². The molecule has 0 unspecified atom stereocenters. The highest BCUT2D eigenvalue weighted by atomic mass is 16.7. The smallest absolute Gasteiger partial charge is 0.231 e. The number of carbonyl (C=O) groups excluding carboxylic acids is 1. The lowest BCUT2D eigenvalue weighted by molar-refractivity contribution is -0.232. The van der Waals surface area contributed by atoms with E-state index in [4.69, 9.17) is 9.47 Å². The first kappa shape index (κ1) is 13.0. The molecule has 0 N–H and O–H groups in total. The summed E-state index contributed by atoms with van der Waals surface area (Å²) in [5.74, 6) is -0.334. The second-order valence-corrected chi connectivity index (χ2v) is 5.40. The van der Waals surface area contributed by atoms with E-state index in [1.165, 1.54) is 25.7 Å². The second kappa shape index (κ2) is 5.49. The zero-order valence-corrected chi connectivity index (χ0v) is 11.0. The van der Waals surface area contributed by atoms with Crippen molar-refractivity contribution in [2.75, 3.05) is 14.2 Å². The second-order valence-electron chi connectivity index (χ2n) is 5.40. The van der Waals surface area contributed by atoms with Crippen LogP contribution in [0.2, 0.25) is 0 Å². The van der Waals surface area contributed by atoms with Crippen LogP contribution in [0.15, 0.2) is 0 Å². The van der Waals surface area contributed by atoms with Gasteiger partial charge in [0.15, 0.2) is 5.78 Å². The molecule has 17 heavy (non-hydrogen) atoms. The highest BCUT2D eigenvalue weighted by Gasteiger charge is 2.49. The first-order valence-corrected chi connectivity index (χ1v) is 6.89. The minimum Gasteiger partial charge on any atom is -0.347 e. The zero-order valence-electron chi connectivity index (χ0n) is 11.0. The average molecular weight is 240 g/mol. The summed E-state index contributed by atoms with van der Waals surface area (Å²) in [6.07, 6.45) is 8.86. The van der Waals surface area contributed by atoms with Crippen molar-refractivity contribution < 1.29 is 14.3 Å². The number of hydrogen-bond donors (Lipinski definition) is 0. The van der Waals surface area contributed by atoms with Crippen molar-refractivity contribution in [1.82, 2.24) is 0 Å². The van der Waals surface area contributed by atoms with E-state index in [-0.39, 0.29) is 17.6 Å². The average Bonchev–Trinajstić information content (AvgIpc) is 3.04. The fourth-order valence-electron chi connectivity index (χ4n) is 3.60. The number of Topliss-reactive ketones (excluding diaryl/α,β-unsaturated/α-hetero) is 1. The van der Waals surface area contributed by atoms with Crippen molar-refractivity contribution >= 4 is 5.78 Å². The molecule has 2 rings (SSSR count). The van der Waals surface area contributed by atoms with Gasteiger partial charge in [0.2, 0.25) is 5.79 Å². The topological polar surface area (TPSA) is 35.5 Å². The normalized spacial score (nSPS) is 23.4. The third-order valence-corrected chi connectivity index (χ3v) is 4.57. The zero-order chi connectivity index (χ0) is 12.3. The summed E-state index contributed by atoms with van der Waals surface area (Å²) >= 11 is 0. The molecule has 0 aromatic heterocycles. The molecule has 98 valence electrons. The fourth-order valence-corrected chi connectivity index (χ4v) is 3.60. The van der Waals surface area contributed by atoms with E-state index < -0.39 is 5.79 Å². The van der Waals surface area contributed by atoms with Crippen molar-refractivity contribution in [3.05, 3.63) is 0 Å². The minimum absolute atomic E-state index is 0.162. The molecule has 3 nitrogen and oxygen atoms in total. The maximum Gasteiger partial charge on any atom is 0.231 e. The van der Waals surface area contributed by atoms with Gasteiger partial charge in [0.25, 0.3) is 0 Å². The van der Waals surface area contributed by atoms with Gasteiger partial charge in [0, 0.05) is 26.1 Å². The van der Waals surface area contributed by atoms with Gasteiger partial charge >= 0.3 is 0 Å². The molecule has 3 heteroatoms. The lowest BCUT2D eigenvalue weighted by Gasteiger charge is -2.36. The molecular formula is C14H24O3. The first-order chi connectivity index (χ1) is 8.24. The van der Waals surface area contributed by atoms with Crippen molar-refractivity contribution in [1.29, 1.82) is 0 Å². The van der Waals surface area contributed by atoms with E-state index in [1.54, 1.807) is 14.2 Å². The van der Waals surface area contributed by atoms with E-state index in [0.29, 0.717) is 0 Å². The van der Waals surface area contributed by atoms with Crippen LogP contribution in [-0.4, -0.2) is 25.8 Å². The van der Waals surface area contributed by atoms with E-state index in [1.807, 2.05) is 0 Å². The van der Waals surface area contributed by atoms with Crippen LogP contribution < -0.4 is 0 Å². The Morgan fingerprint density at radius 3 is 1.88 bits per heavy atom. The molecule has 0 aromatic carbocycles. The SMILES string of the molecule is COC(OC)(C(=O)C1CCCC1)C1CCCC1. The molecule has 2 saturated carbocycles. The van der Waals surface area contributed by atoms with E-state index in [0.717, 1.165) is 25.7 Å². The number of carbonyl (C=O) groups is 1. The molecule has 0 bridgehead atoms. The number of ketones is 1. The maximum atomic E-state index is 12.7. The molecule has 2 aliphatic carbocycles. The van der Waals surface area contributed by atoms with Crippen molar-refractivity contribution in [2.45, 2.75) is 57.2 Å². The van der Waals surface area contributed by atoms with E-state index in [2.05, 4.69) is 0 Å². The molecule has 0 saturated heterocycles. The van der Waals surface area contributed by atoms with E-state index in [9.17, 15) is 4.79 Å². The Morgan fingerprint density at radius 2 is 1.41 bits per heavy atom. The predicted molar refractivity (Wildman–Crippen MR) is 65.7 cm³/mol. The van der Waals surface area contributed by atoms with Crippen LogP contribution in [0, 0.1) is 11.8 Å². The third kappa shape index (κ3) is 2.27. The van der Waals surface area contributed by atoms with E-state index >= 15 is 0 Å². The Balaban J connectivity index is 2.16. The Labute approximate surface area is 104 Å². The van der Waals surface area contributed by atoms with Crippen molar-refractivity contribution in [2.24, 2.45) is 11.8 Å². The fraction of sp³-hybridized carbons (Fsp3) is 0.929. The largest absolute Gasteiger partial charge is 0.347 e. The van der Waals surface area contributed by atoms with Gasteiger partial charge in [-0.1, -0.05) is 25.7 Å². The lowest BCUT2D eigenvalue weighted by atomic mass is 9.85. The van der Waals surface area contributed by atoms with Gasteiger partial charge in [-0.2, -0.15) is 0 Å². The lowest BCUT2D eigenvalue weighted by Crippen LogP contribution is -2.51. The molecule has 0 spiro atoms. The van der Waals surface area contributed by atoms with Gasteiger partial charge in [-0.05, 0) is 25.7 Å². The molecule has 0 radical (unpaired) electrons. The Kier molecular flexibility index (Phi) is 4.21. The molecule has 0 aliphatic heterocycles. The molecule has 2 fully saturated rings. The van der Waals surface area contributed by atoms with Crippen LogP contribution in [0.5, 0.6) is 0 Å². The molecule has 0 heterocycles. The van der Waals surface area contributed by atoms with Crippen LogP contribution >= 0.6 is 0 Å². The Morgan fingerprint density at radius 1 is 0.941 bits per heavy atom. The van der Waals surface area contributed by atoms with Gasteiger partial charge in [0.05, 0.1) is 0 Å². The third-order valence-electron chi connectivity index (χ3n) is 4.57. The molecular weight excluding hydrogens is 216 g/mol. The Bertz CT molecular complexity index is 259. The summed E-state index contributed by atoms with van der Waals surface area (Å²) in [5.41, 5.74) is 0. The van der Waals surface area contributed by atoms with Crippen molar-refractivity contribution in [3.8, 4) is 0 Å². The summed E-state index contributed by atoms with van der Waals surface area (Å²) in [5, 5.41) is 0. The van der Waals surface area contributed by atoms with Crippen molar-refractivity contribution in [3.63, 3.8) is 0 Å². The van der Waals surface area contributed by atoms with Crippen LogP contribution in [0.25, 0.3) is 0 Å². The van der Waals surface area contributed by atoms with Crippen LogP contribution in [0.1, 0.15) is 51.4 Å². The van der Waals surface area contributed by atoms with Crippen LogP contribution in [0.4, 0.5) is 0 Å². The van der Waals surface area contributed by atoms with Gasteiger partial charge in [-0.15, -0.1) is 0 Å². The standard InChI is InChI=1S/C14H24O3/c1-16-14(17-2,12-9-5-6-10-12)13(15)11-7-3-4-8-11/h11-12H,3-10H2,1-2H3. The van der Waals surface area contributed by atoms with Gasteiger partial charge < -0.3 is 9.47 Å². The van der Waals surface area contributed by atoms with Gasteiger partial charge in [-0.25, -0.2) is 0 Å². The van der Waals surface area contributed by atoms with Gasteiger partial charge in [-0.3, -0.25) is 4.79 Å². The molecule has 0 amide bonds. The van der Waals surface area contributed by atoms with Crippen LogP contribution in [0.3, 0.4) is 0 Å². The quantitative estimate of drug-likeness (QED) is 0.693. The number of ether oxygens (including phenoxy) is 2. The summed E-state index contributed by atoms with van der Waals surface area (Å²) in [6, 6.07) is 0. The number of rotatable bonds is 5. The monoisotopic (exact) mass is 240 g/mol. The minimum atomic E-state index is -0.953. The Hall–Kier alpha value is -0.410. The summed E-state index contributed by atoms with van der Waals surface area (Å²) < 4.78 is 11.1. The first-order valence-electron chi connectivity index (χ1n) is 6.89. The number of hydrogen-bond acceptors (Lipinski definition) is 3. The predicted octanol–water partition coefficient (Wildman–Crippen LogP) is 2.93. The molecule has 2 aliphatic rings. The molecule has 0 atom stereocenters. The maximum absolute atomic E-state index is 12.7. The summed E-state index contributed by atoms with van der Waals surface area (Å²) in [7, 11) is 3.24. The highest BCUT2D eigenvalue weighted by Crippen LogP contribution is 2.41. The summed E-state index contributed by atoms with van der Waals surface area (Å²) in [4.78, 5) is 12.7. The number of methoxy groups -OCH3 is 2. The highest BCUT2D eigenvalue weighted by molar-refractivity contribution is 5.88. The molecule has 0 aromatic rings. The summed E-state index contributed by atoms with van der Waals surface area (Å²) in [6.45, 7) is 0.